The second kappa shape index (κ2) is 7.51. The van der Waals surface area contributed by atoms with E-state index in [9.17, 15) is 0 Å². The Morgan fingerprint density at radius 3 is 1.84 bits per heavy atom. The Morgan fingerprint density at radius 1 is 0.531 bits per heavy atom. The maximum atomic E-state index is 4.68. The van der Waals surface area contributed by atoms with Crippen LogP contribution < -0.4 is 0 Å². The summed E-state index contributed by atoms with van der Waals surface area (Å²) in [6.45, 7) is 2.03. The van der Waals surface area contributed by atoms with Crippen LogP contribution in [-0.2, 0) is 0 Å². The van der Waals surface area contributed by atoms with Crippen molar-refractivity contribution in [1.82, 2.24) is 9.55 Å². The molecule has 2 heteroatoms. The standard InChI is InChI=1S/C30H22N2/c1-21-8-6-13-28(31-21)24-10-7-9-23(20-24)22-16-18-25(19-17-22)32-29-14-4-2-11-26(29)27-12-3-5-15-30(27)32/h2-20H,1H3. The number of hydrogen-bond donors (Lipinski definition) is 0. The van der Waals surface area contributed by atoms with Gasteiger partial charge in [-0.2, -0.15) is 0 Å². The van der Waals surface area contributed by atoms with E-state index in [0.717, 1.165) is 17.0 Å². The molecule has 0 amide bonds. The van der Waals surface area contributed by atoms with Crippen LogP contribution in [0.15, 0.2) is 115 Å². The van der Waals surface area contributed by atoms with Gasteiger partial charge in [0.25, 0.3) is 0 Å². The van der Waals surface area contributed by atoms with Crippen molar-refractivity contribution in [2.45, 2.75) is 6.92 Å². The van der Waals surface area contributed by atoms with Crippen molar-refractivity contribution < 1.29 is 0 Å². The summed E-state index contributed by atoms with van der Waals surface area (Å²) in [5, 5.41) is 2.57. The van der Waals surface area contributed by atoms with Crippen LogP contribution in [0.25, 0.3) is 49.9 Å². The molecule has 0 aliphatic heterocycles. The van der Waals surface area contributed by atoms with Gasteiger partial charge in [-0.1, -0.05) is 72.8 Å². The van der Waals surface area contributed by atoms with Crippen molar-refractivity contribution in [1.29, 1.82) is 0 Å². The summed E-state index contributed by atoms with van der Waals surface area (Å²) in [6, 6.07) is 40.8. The van der Waals surface area contributed by atoms with Gasteiger partial charge in [0.2, 0.25) is 0 Å². The monoisotopic (exact) mass is 410 g/mol. The molecule has 0 aliphatic carbocycles. The number of aryl methyl sites for hydroxylation is 1. The highest BCUT2D eigenvalue weighted by Crippen LogP contribution is 2.33. The molecule has 0 fully saturated rings. The highest BCUT2D eigenvalue weighted by atomic mass is 15.0. The van der Waals surface area contributed by atoms with Crippen molar-refractivity contribution in [2.24, 2.45) is 0 Å². The Labute approximate surface area is 187 Å². The number of para-hydroxylation sites is 2. The van der Waals surface area contributed by atoms with Gasteiger partial charge in [-0.05, 0) is 60.5 Å². The minimum Gasteiger partial charge on any atom is -0.309 e. The molecule has 0 spiro atoms. The average Bonchev–Trinajstić information content (AvgIpc) is 3.19. The van der Waals surface area contributed by atoms with Gasteiger partial charge < -0.3 is 4.57 Å². The predicted octanol–water partition coefficient (Wildman–Crippen LogP) is 7.82. The van der Waals surface area contributed by atoms with E-state index in [0.29, 0.717) is 0 Å². The molecule has 152 valence electrons. The minimum absolute atomic E-state index is 1.01. The molecule has 2 nitrogen and oxygen atoms in total. The molecule has 2 aromatic heterocycles. The molecule has 4 aromatic carbocycles. The predicted molar refractivity (Wildman–Crippen MR) is 134 cm³/mol. The van der Waals surface area contributed by atoms with E-state index in [-0.39, 0.29) is 0 Å². The number of fused-ring (bicyclic) bond motifs is 3. The maximum Gasteiger partial charge on any atom is 0.0705 e. The van der Waals surface area contributed by atoms with E-state index in [2.05, 4.69) is 119 Å². The second-order valence-corrected chi connectivity index (χ2v) is 8.16. The normalized spacial score (nSPS) is 11.3. The first kappa shape index (κ1) is 18.6. The van der Waals surface area contributed by atoms with Gasteiger partial charge in [-0.25, -0.2) is 0 Å². The van der Waals surface area contributed by atoms with Crippen molar-refractivity contribution in [2.75, 3.05) is 0 Å². The van der Waals surface area contributed by atoms with Crippen molar-refractivity contribution >= 4 is 21.8 Å². The summed E-state index contributed by atoms with van der Waals surface area (Å²) in [5.41, 5.74) is 9.20. The summed E-state index contributed by atoms with van der Waals surface area (Å²) < 4.78 is 2.35. The van der Waals surface area contributed by atoms with Crippen LogP contribution in [0.2, 0.25) is 0 Å². The van der Waals surface area contributed by atoms with E-state index in [1.165, 1.54) is 38.6 Å². The molecule has 32 heavy (non-hydrogen) atoms. The van der Waals surface area contributed by atoms with E-state index in [1.807, 2.05) is 13.0 Å². The van der Waals surface area contributed by atoms with Crippen molar-refractivity contribution in [3.05, 3.63) is 121 Å². The Hall–Kier alpha value is -4.17. The summed E-state index contributed by atoms with van der Waals surface area (Å²) >= 11 is 0. The molecular weight excluding hydrogens is 388 g/mol. The van der Waals surface area contributed by atoms with Crippen LogP contribution in [0, 0.1) is 6.92 Å². The molecule has 0 bridgehead atoms. The lowest BCUT2D eigenvalue weighted by molar-refractivity contribution is 1.18. The fraction of sp³-hybridized carbons (Fsp3) is 0.0333. The van der Waals surface area contributed by atoms with Gasteiger partial charge in [0.1, 0.15) is 0 Å². The second-order valence-electron chi connectivity index (χ2n) is 8.16. The number of pyridine rings is 1. The lowest BCUT2D eigenvalue weighted by atomic mass is 10.0. The van der Waals surface area contributed by atoms with Gasteiger partial charge in [-0.15, -0.1) is 0 Å². The van der Waals surface area contributed by atoms with Crippen LogP contribution in [0.5, 0.6) is 0 Å². The number of aromatic nitrogens is 2. The van der Waals surface area contributed by atoms with Crippen LogP contribution in [0.3, 0.4) is 0 Å². The number of nitrogens with zero attached hydrogens (tertiary/aromatic N) is 2. The molecule has 0 N–H and O–H groups in total. The summed E-state index contributed by atoms with van der Waals surface area (Å²) in [7, 11) is 0. The Balaban J connectivity index is 1.43. The van der Waals surface area contributed by atoms with Gasteiger partial charge in [0, 0.05) is 27.7 Å². The molecule has 2 heterocycles. The lowest BCUT2D eigenvalue weighted by Crippen LogP contribution is -1.93. The van der Waals surface area contributed by atoms with Crippen LogP contribution in [0.1, 0.15) is 5.69 Å². The molecule has 0 aliphatic rings. The summed E-state index contributed by atoms with van der Waals surface area (Å²) in [4.78, 5) is 4.68. The van der Waals surface area contributed by atoms with Crippen LogP contribution >= 0.6 is 0 Å². The van der Waals surface area contributed by atoms with Crippen LogP contribution in [0.4, 0.5) is 0 Å². The van der Waals surface area contributed by atoms with E-state index in [4.69, 9.17) is 0 Å². The lowest BCUT2D eigenvalue weighted by Gasteiger charge is -2.10. The molecular formula is C30H22N2. The van der Waals surface area contributed by atoms with Crippen molar-refractivity contribution in [3.8, 4) is 28.1 Å². The third kappa shape index (κ3) is 3.09. The van der Waals surface area contributed by atoms with Gasteiger partial charge in [0.05, 0.1) is 16.7 Å². The Morgan fingerprint density at radius 2 is 1.16 bits per heavy atom. The number of hydrogen-bond acceptors (Lipinski definition) is 1. The average molecular weight is 411 g/mol. The molecule has 0 radical (unpaired) electrons. The van der Waals surface area contributed by atoms with Crippen molar-refractivity contribution in [3.63, 3.8) is 0 Å². The third-order valence-electron chi connectivity index (χ3n) is 6.09. The summed E-state index contributed by atoms with van der Waals surface area (Å²) in [5.74, 6) is 0. The van der Waals surface area contributed by atoms with E-state index in [1.54, 1.807) is 0 Å². The highest BCUT2D eigenvalue weighted by molar-refractivity contribution is 6.09. The molecule has 0 atom stereocenters. The fourth-order valence-corrected chi connectivity index (χ4v) is 4.57. The molecule has 6 aromatic rings. The van der Waals surface area contributed by atoms with Gasteiger partial charge in [-0.3, -0.25) is 4.98 Å². The quantitative estimate of drug-likeness (QED) is 0.291. The first-order chi connectivity index (χ1) is 15.8. The van der Waals surface area contributed by atoms with E-state index >= 15 is 0 Å². The van der Waals surface area contributed by atoms with Crippen LogP contribution in [-0.4, -0.2) is 9.55 Å². The Kier molecular flexibility index (Phi) is 4.36. The smallest absolute Gasteiger partial charge is 0.0705 e. The first-order valence-corrected chi connectivity index (χ1v) is 10.9. The van der Waals surface area contributed by atoms with Gasteiger partial charge in [0.15, 0.2) is 0 Å². The zero-order valence-corrected chi connectivity index (χ0v) is 17.9. The first-order valence-electron chi connectivity index (χ1n) is 10.9. The van der Waals surface area contributed by atoms with E-state index < -0.39 is 0 Å². The Bertz CT molecular complexity index is 1520. The zero-order valence-electron chi connectivity index (χ0n) is 17.9. The third-order valence-corrected chi connectivity index (χ3v) is 6.09. The van der Waals surface area contributed by atoms with Gasteiger partial charge >= 0.3 is 0 Å². The minimum atomic E-state index is 1.01. The number of benzene rings is 4. The SMILES string of the molecule is Cc1cccc(-c2cccc(-c3ccc(-n4c5ccccc5c5ccccc54)cc3)c2)n1. The topological polar surface area (TPSA) is 17.8 Å². The number of rotatable bonds is 3. The molecule has 6 rings (SSSR count). The maximum absolute atomic E-state index is 4.68. The molecule has 0 saturated heterocycles. The summed E-state index contributed by atoms with van der Waals surface area (Å²) in [6.07, 6.45) is 0. The fourth-order valence-electron chi connectivity index (χ4n) is 4.57. The zero-order chi connectivity index (χ0) is 21.5. The molecule has 0 saturated carbocycles. The molecule has 0 unspecified atom stereocenters. The highest BCUT2D eigenvalue weighted by Gasteiger charge is 2.11. The largest absolute Gasteiger partial charge is 0.309 e.